The Kier molecular flexibility index (Phi) is 4.30. The van der Waals surface area contributed by atoms with E-state index < -0.39 is 0 Å². The normalized spacial score (nSPS) is 18.5. The number of nitrogens with one attached hydrogen (secondary N) is 2. The molecule has 1 aromatic heterocycles. The molecule has 0 spiro atoms. The van der Waals surface area contributed by atoms with Crippen molar-refractivity contribution in [1.82, 2.24) is 25.6 Å². The van der Waals surface area contributed by atoms with Crippen molar-refractivity contribution in [3.63, 3.8) is 0 Å². The van der Waals surface area contributed by atoms with Gasteiger partial charge in [0.15, 0.2) is 0 Å². The van der Waals surface area contributed by atoms with E-state index >= 15 is 0 Å². The number of aryl methyl sites for hydroxylation is 1. The van der Waals surface area contributed by atoms with Crippen LogP contribution in [-0.2, 0) is 11.3 Å². The molecule has 0 saturated carbocycles. The van der Waals surface area contributed by atoms with Gasteiger partial charge in [0.2, 0.25) is 5.91 Å². The summed E-state index contributed by atoms with van der Waals surface area (Å²) in [4.78, 5) is 12.1. The van der Waals surface area contributed by atoms with Crippen LogP contribution in [0.3, 0.4) is 0 Å². The standard InChI is InChI=1S/C12H21N5O/c1-12(3-6-13-7-4-12)11(18)14-5-2-9-17-10-8-15-16-17/h8,10,13H,2-7,9H2,1H3,(H,14,18). The molecule has 1 fully saturated rings. The topological polar surface area (TPSA) is 71.8 Å². The van der Waals surface area contributed by atoms with Gasteiger partial charge >= 0.3 is 0 Å². The van der Waals surface area contributed by atoms with Crippen LogP contribution < -0.4 is 10.6 Å². The van der Waals surface area contributed by atoms with Crippen molar-refractivity contribution in [3.8, 4) is 0 Å². The quantitative estimate of drug-likeness (QED) is 0.732. The predicted octanol–water partition coefficient (Wildman–Crippen LogP) is 0.174. The number of rotatable bonds is 5. The second-order valence-corrected chi connectivity index (χ2v) is 5.09. The fourth-order valence-corrected chi connectivity index (χ4v) is 2.21. The molecule has 0 aliphatic carbocycles. The molecule has 0 atom stereocenters. The van der Waals surface area contributed by atoms with Gasteiger partial charge in [0.1, 0.15) is 0 Å². The van der Waals surface area contributed by atoms with Gasteiger partial charge in [-0.1, -0.05) is 12.1 Å². The molecule has 0 radical (unpaired) electrons. The number of amides is 1. The molecule has 0 aromatic carbocycles. The monoisotopic (exact) mass is 251 g/mol. The number of hydrogen-bond acceptors (Lipinski definition) is 4. The third-order valence-corrected chi connectivity index (χ3v) is 3.58. The van der Waals surface area contributed by atoms with Gasteiger partial charge in [-0.15, -0.1) is 5.10 Å². The first-order valence-electron chi connectivity index (χ1n) is 6.54. The zero-order chi connectivity index (χ0) is 12.8. The molecule has 1 saturated heterocycles. The number of aromatic nitrogens is 3. The number of hydrogen-bond donors (Lipinski definition) is 2. The molecular formula is C12H21N5O. The minimum absolute atomic E-state index is 0.183. The van der Waals surface area contributed by atoms with Crippen molar-refractivity contribution in [2.24, 2.45) is 5.41 Å². The first kappa shape index (κ1) is 13.0. The fourth-order valence-electron chi connectivity index (χ4n) is 2.21. The third-order valence-electron chi connectivity index (χ3n) is 3.58. The Morgan fingerprint density at radius 3 is 2.94 bits per heavy atom. The van der Waals surface area contributed by atoms with Gasteiger partial charge in [-0.25, -0.2) is 0 Å². The lowest BCUT2D eigenvalue weighted by Gasteiger charge is -2.32. The van der Waals surface area contributed by atoms with Crippen molar-refractivity contribution in [1.29, 1.82) is 0 Å². The van der Waals surface area contributed by atoms with E-state index in [9.17, 15) is 4.79 Å². The highest BCUT2D eigenvalue weighted by atomic mass is 16.2. The Balaban J connectivity index is 1.68. The minimum atomic E-state index is -0.196. The molecule has 0 unspecified atom stereocenters. The average molecular weight is 251 g/mol. The Morgan fingerprint density at radius 1 is 1.50 bits per heavy atom. The van der Waals surface area contributed by atoms with E-state index in [0.717, 1.165) is 38.9 Å². The minimum Gasteiger partial charge on any atom is -0.356 e. The molecule has 1 aliphatic rings. The first-order valence-corrected chi connectivity index (χ1v) is 6.54. The van der Waals surface area contributed by atoms with Crippen molar-refractivity contribution in [3.05, 3.63) is 12.4 Å². The van der Waals surface area contributed by atoms with Crippen LogP contribution >= 0.6 is 0 Å². The summed E-state index contributed by atoms with van der Waals surface area (Å²) in [7, 11) is 0. The van der Waals surface area contributed by atoms with Gasteiger partial charge in [-0.05, 0) is 32.4 Å². The maximum atomic E-state index is 12.1. The first-order chi connectivity index (χ1) is 8.71. The second-order valence-electron chi connectivity index (χ2n) is 5.09. The molecule has 6 nitrogen and oxygen atoms in total. The van der Waals surface area contributed by atoms with Crippen molar-refractivity contribution >= 4 is 5.91 Å². The SMILES string of the molecule is CC1(C(=O)NCCCn2ccnn2)CCNCC1. The molecule has 6 heteroatoms. The Bertz CT molecular complexity index is 370. The zero-order valence-corrected chi connectivity index (χ0v) is 10.9. The van der Waals surface area contributed by atoms with Crippen molar-refractivity contribution in [2.45, 2.75) is 32.7 Å². The smallest absolute Gasteiger partial charge is 0.226 e. The van der Waals surface area contributed by atoms with Crippen LogP contribution in [0.15, 0.2) is 12.4 Å². The second kappa shape index (κ2) is 5.95. The van der Waals surface area contributed by atoms with Crippen LogP contribution in [0.25, 0.3) is 0 Å². The van der Waals surface area contributed by atoms with E-state index in [1.165, 1.54) is 0 Å². The van der Waals surface area contributed by atoms with E-state index in [1.807, 2.05) is 6.20 Å². The summed E-state index contributed by atoms with van der Waals surface area (Å²) in [6, 6.07) is 0. The van der Waals surface area contributed by atoms with E-state index in [2.05, 4.69) is 27.9 Å². The Morgan fingerprint density at radius 2 is 2.28 bits per heavy atom. The third kappa shape index (κ3) is 3.29. The lowest BCUT2D eigenvalue weighted by atomic mass is 9.80. The zero-order valence-electron chi connectivity index (χ0n) is 10.9. The van der Waals surface area contributed by atoms with Gasteiger partial charge in [-0.2, -0.15) is 0 Å². The van der Waals surface area contributed by atoms with Gasteiger partial charge in [0, 0.05) is 24.7 Å². The van der Waals surface area contributed by atoms with Crippen LogP contribution in [0.2, 0.25) is 0 Å². The summed E-state index contributed by atoms with van der Waals surface area (Å²) in [5.41, 5.74) is -0.196. The van der Waals surface area contributed by atoms with Crippen LogP contribution in [0.4, 0.5) is 0 Å². The summed E-state index contributed by atoms with van der Waals surface area (Å²) in [6.45, 7) is 5.41. The fraction of sp³-hybridized carbons (Fsp3) is 0.750. The summed E-state index contributed by atoms with van der Waals surface area (Å²) in [5, 5.41) is 13.9. The number of piperidine rings is 1. The molecule has 1 amide bonds. The van der Waals surface area contributed by atoms with E-state index in [4.69, 9.17) is 0 Å². The summed E-state index contributed by atoms with van der Waals surface area (Å²) in [5.74, 6) is 0.183. The Hall–Kier alpha value is -1.43. The molecule has 2 rings (SSSR count). The van der Waals surface area contributed by atoms with Crippen molar-refractivity contribution in [2.75, 3.05) is 19.6 Å². The maximum absolute atomic E-state index is 12.1. The van der Waals surface area contributed by atoms with E-state index in [-0.39, 0.29) is 11.3 Å². The molecule has 2 heterocycles. The van der Waals surface area contributed by atoms with Crippen molar-refractivity contribution < 1.29 is 4.79 Å². The molecule has 2 N–H and O–H groups in total. The highest BCUT2D eigenvalue weighted by Crippen LogP contribution is 2.27. The predicted molar refractivity (Wildman–Crippen MR) is 67.9 cm³/mol. The molecule has 1 aromatic rings. The molecule has 1 aliphatic heterocycles. The number of carbonyl (C=O) groups excluding carboxylic acids is 1. The largest absolute Gasteiger partial charge is 0.356 e. The van der Waals surface area contributed by atoms with E-state index in [1.54, 1.807) is 10.9 Å². The molecule has 18 heavy (non-hydrogen) atoms. The summed E-state index contributed by atoms with van der Waals surface area (Å²) in [6.07, 6.45) is 6.21. The van der Waals surface area contributed by atoms with Gasteiger partial charge in [0.05, 0.1) is 6.20 Å². The summed E-state index contributed by atoms with van der Waals surface area (Å²) < 4.78 is 1.78. The summed E-state index contributed by atoms with van der Waals surface area (Å²) >= 11 is 0. The van der Waals surface area contributed by atoms with Crippen LogP contribution in [0.5, 0.6) is 0 Å². The molecule has 0 bridgehead atoms. The lowest BCUT2D eigenvalue weighted by Crippen LogP contribution is -2.46. The highest BCUT2D eigenvalue weighted by molar-refractivity contribution is 5.82. The molecule has 100 valence electrons. The van der Waals surface area contributed by atoms with Gasteiger partial charge in [-0.3, -0.25) is 9.48 Å². The van der Waals surface area contributed by atoms with Gasteiger partial charge in [0.25, 0.3) is 0 Å². The average Bonchev–Trinajstić information content (AvgIpc) is 2.88. The van der Waals surface area contributed by atoms with Crippen LogP contribution in [0.1, 0.15) is 26.2 Å². The van der Waals surface area contributed by atoms with Crippen LogP contribution in [0, 0.1) is 5.41 Å². The van der Waals surface area contributed by atoms with Gasteiger partial charge < -0.3 is 10.6 Å². The molecular weight excluding hydrogens is 230 g/mol. The van der Waals surface area contributed by atoms with E-state index in [0.29, 0.717) is 6.54 Å². The number of carbonyl (C=O) groups is 1. The highest BCUT2D eigenvalue weighted by Gasteiger charge is 2.33. The maximum Gasteiger partial charge on any atom is 0.226 e. The van der Waals surface area contributed by atoms with Crippen LogP contribution in [-0.4, -0.2) is 40.5 Å². The lowest BCUT2D eigenvalue weighted by molar-refractivity contribution is -0.131. The Labute approximate surface area is 107 Å². The number of nitrogens with zero attached hydrogens (tertiary/aromatic N) is 3.